The fourth-order valence-electron chi connectivity index (χ4n) is 3.81. The van der Waals surface area contributed by atoms with E-state index >= 15 is 0 Å². The van der Waals surface area contributed by atoms with E-state index in [-0.39, 0.29) is 6.03 Å². The van der Waals surface area contributed by atoms with Crippen molar-refractivity contribution in [3.8, 4) is 0 Å². The van der Waals surface area contributed by atoms with Crippen LogP contribution in [0.3, 0.4) is 0 Å². The quantitative estimate of drug-likeness (QED) is 0.933. The Balaban J connectivity index is 1.29. The van der Waals surface area contributed by atoms with Gasteiger partial charge < -0.3 is 10.2 Å². The summed E-state index contributed by atoms with van der Waals surface area (Å²) in [5.74, 6) is 0. The molecule has 1 saturated carbocycles. The molecular formula is C19H25N5O. The van der Waals surface area contributed by atoms with Crippen molar-refractivity contribution in [3.05, 3.63) is 36.2 Å². The Bertz CT molecular complexity index is 735. The Kier molecular flexibility index (Phi) is 4.78. The molecule has 6 nitrogen and oxygen atoms in total. The van der Waals surface area contributed by atoms with E-state index in [2.05, 4.69) is 32.3 Å². The Hall–Kier alpha value is -2.21. The minimum absolute atomic E-state index is 0.118. The monoisotopic (exact) mass is 339 g/mol. The fourth-order valence-corrected chi connectivity index (χ4v) is 3.81. The maximum atomic E-state index is 12.3. The van der Waals surface area contributed by atoms with Gasteiger partial charge in [0, 0.05) is 51.2 Å². The molecule has 1 saturated heterocycles. The van der Waals surface area contributed by atoms with Gasteiger partial charge in [0.25, 0.3) is 0 Å². The third-order valence-electron chi connectivity index (χ3n) is 5.28. The SMILES string of the molecule is O=C(NC1CCCC1)N1CCN(Cc2ccc3nccnc3c2)CC1. The standard InChI is InChI=1S/C19H25N5O/c25-19(22-16-3-1-2-4-16)24-11-9-23(10-12-24)14-15-5-6-17-18(13-15)21-8-7-20-17/h5-8,13,16H,1-4,9-12,14H2,(H,22,25). The van der Waals surface area contributed by atoms with Gasteiger partial charge in [0.15, 0.2) is 0 Å². The summed E-state index contributed by atoms with van der Waals surface area (Å²) in [5, 5.41) is 3.19. The molecule has 1 aliphatic carbocycles. The average molecular weight is 339 g/mol. The summed E-state index contributed by atoms with van der Waals surface area (Å²) in [6.45, 7) is 4.32. The van der Waals surface area contributed by atoms with Crippen LogP contribution in [0.2, 0.25) is 0 Å². The van der Waals surface area contributed by atoms with Gasteiger partial charge in [-0.1, -0.05) is 18.9 Å². The second-order valence-electron chi connectivity index (χ2n) is 7.07. The van der Waals surface area contributed by atoms with Gasteiger partial charge in [0.2, 0.25) is 0 Å². The first-order valence-corrected chi connectivity index (χ1v) is 9.25. The first-order chi connectivity index (χ1) is 12.3. The molecule has 0 unspecified atom stereocenters. The van der Waals surface area contributed by atoms with E-state index < -0.39 is 0 Å². The minimum atomic E-state index is 0.118. The van der Waals surface area contributed by atoms with Gasteiger partial charge in [0.05, 0.1) is 11.0 Å². The highest BCUT2D eigenvalue weighted by molar-refractivity contribution is 5.75. The highest BCUT2D eigenvalue weighted by atomic mass is 16.2. The summed E-state index contributed by atoms with van der Waals surface area (Å²) >= 11 is 0. The number of nitrogens with zero attached hydrogens (tertiary/aromatic N) is 4. The number of nitrogens with one attached hydrogen (secondary N) is 1. The summed E-state index contributed by atoms with van der Waals surface area (Å²) in [6.07, 6.45) is 8.21. The number of fused-ring (bicyclic) bond motifs is 1. The molecule has 2 aromatic rings. The van der Waals surface area contributed by atoms with Crippen LogP contribution in [0.5, 0.6) is 0 Å². The topological polar surface area (TPSA) is 61.4 Å². The fraction of sp³-hybridized carbons (Fsp3) is 0.526. The smallest absolute Gasteiger partial charge is 0.317 e. The van der Waals surface area contributed by atoms with E-state index in [1.54, 1.807) is 12.4 Å². The lowest BCUT2D eigenvalue weighted by molar-refractivity contribution is 0.133. The van der Waals surface area contributed by atoms with Gasteiger partial charge in [-0.05, 0) is 30.5 Å². The molecule has 0 spiro atoms. The van der Waals surface area contributed by atoms with Gasteiger partial charge in [-0.25, -0.2) is 4.79 Å². The molecule has 6 heteroatoms. The largest absolute Gasteiger partial charge is 0.335 e. The normalized spacial score (nSPS) is 19.4. The van der Waals surface area contributed by atoms with Gasteiger partial charge in [-0.15, -0.1) is 0 Å². The Morgan fingerprint density at radius 2 is 1.76 bits per heavy atom. The van der Waals surface area contributed by atoms with Crippen LogP contribution in [0.15, 0.2) is 30.6 Å². The van der Waals surface area contributed by atoms with Crippen LogP contribution in [-0.2, 0) is 6.54 Å². The molecule has 25 heavy (non-hydrogen) atoms. The number of rotatable bonds is 3. The first kappa shape index (κ1) is 16.3. The Labute approximate surface area is 148 Å². The summed E-state index contributed by atoms with van der Waals surface area (Å²) in [7, 11) is 0. The van der Waals surface area contributed by atoms with Crippen molar-refractivity contribution >= 4 is 17.1 Å². The van der Waals surface area contributed by atoms with Crippen molar-refractivity contribution in [2.45, 2.75) is 38.3 Å². The van der Waals surface area contributed by atoms with Crippen LogP contribution >= 0.6 is 0 Å². The van der Waals surface area contributed by atoms with Crippen molar-refractivity contribution in [2.24, 2.45) is 0 Å². The van der Waals surface area contributed by atoms with Crippen molar-refractivity contribution < 1.29 is 4.79 Å². The lowest BCUT2D eigenvalue weighted by Gasteiger charge is -2.35. The molecular weight excluding hydrogens is 314 g/mol. The Morgan fingerprint density at radius 1 is 1.04 bits per heavy atom. The van der Waals surface area contributed by atoms with E-state index in [1.807, 2.05) is 11.0 Å². The van der Waals surface area contributed by atoms with Crippen LogP contribution in [-0.4, -0.2) is 58.0 Å². The summed E-state index contributed by atoms with van der Waals surface area (Å²) < 4.78 is 0. The second kappa shape index (κ2) is 7.35. The highest BCUT2D eigenvalue weighted by Crippen LogP contribution is 2.18. The third-order valence-corrected chi connectivity index (χ3v) is 5.28. The van der Waals surface area contributed by atoms with Crippen LogP contribution in [0, 0.1) is 0 Å². The molecule has 2 aliphatic rings. The molecule has 132 valence electrons. The number of carbonyl (C=O) groups excluding carboxylic acids is 1. The van der Waals surface area contributed by atoms with Crippen molar-refractivity contribution in [1.29, 1.82) is 0 Å². The van der Waals surface area contributed by atoms with Gasteiger partial charge in [-0.2, -0.15) is 0 Å². The summed E-state index contributed by atoms with van der Waals surface area (Å²) in [6, 6.07) is 6.78. The number of urea groups is 1. The van der Waals surface area contributed by atoms with Crippen LogP contribution in [0.4, 0.5) is 4.79 Å². The zero-order valence-electron chi connectivity index (χ0n) is 14.5. The maximum Gasteiger partial charge on any atom is 0.317 e. The zero-order valence-corrected chi connectivity index (χ0v) is 14.5. The number of benzene rings is 1. The number of amides is 2. The molecule has 2 fully saturated rings. The molecule has 2 amide bonds. The molecule has 0 atom stereocenters. The van der Waals surface area contributed by atoms with E-state index in [4.69, 9.17) is 0 Å². The molecule has 2 heterocycles. The predicted octanol–water partition coefficient (Wildman–Crippen LogP) is 2.40. The zero-order chi connectivity index (χ0) is 17.1. The van der Waals surface area contributed by atoms with Gasteiger partial charge in [0.1, 0.15) is 0 Å². The number of aromatic nitrogens is 2. The van der Waals surface area contributed by atoms with Crippen LogP contribution < -0.4 is 5.32 Å². The maximum absolute atomic E-state index is 12.3. The average Bonchev–Trinajstić information content (AvgIpc) is 3.15. The van der Waals surface area contributed by atoms with Crippen molar-refractivity contribution in [1.82, 2.24) is 25.1 Å². The van der Waals surface area contributed by atoms with Gasteiger partial charge in [-0.3, -0.25) is 14.9 Å². The molecule has 1 N–H and O–H groups in total. The van der Waals surface area contributed by atoms with Crippen molar-refractivity contribution in [3.63, 3.8) is 0 Å². The Morgan fingerprint density at radius 3 is 2.52 bits per heavy atom. The highest BCUT2D eigenvalue weighted by Gasteiger charge is 2.24. The van der Waals surface area contributed by atoms with E-state index in [1.165, 1.54) is 18.4 Å². The summed E-state index contributed by atoms with van der Waals surface area (Å²) in [5.41, 5.74) is 3.12. The van der Waals surface area contributed by atoms with E-state index in [9.17, 15) is 4.79 Å². The number of carbonyl (C=O) groups is 1. The molecule has 1 aliphatic heterocycles. The lowest BCUT2D eigenvalue weighted by atomic mass is 10.1. The van der Waals surface area contributed by atoms with Crippen LogP contribution in [0.1, 0.15) is 31.2 Å². The molecule has 4 rings (SSSR count). The second-order valence-corrected chi connectivity index (χ2v) is 7.07. The predicted molar refractivity (Wildman–Crippen MR) is 97.2 cm³/mol. The van der Waals surface area contributed by atoms with Crippen LogP contribution in [0.25, 0.3) is 11.0 Å². The molecule has 1 aromatic carbocycles. The number of hydrogen-bond donors (Lipinski definition) is 1. The van der Waals surface area contributed by atoms with E-state index in [0.717, 1.165) is 56.6 Å². The lowest BCUT2D eigenvalue weighted by Crippen LogP contribution is -2.52. The van der Waals surface area contributed by atoms with Gasteiger partial charge >= 0.3 is 6.03 Å². The molecule has 0 bridgehead atoms. The third kappa shape index (κ3) is 3.90. The molecule has 1 aromatic heterocycles. The van der Waals surface area contributed by atoms with E-state index in [0.29, 0.717) is 6.04 Å². The first-order valence-electron chi connectivity index (χ1n) is 9.25. The molecule has 0 radical (unpaired) electrons. The summed E-state index contributed by atoms with van der Waals surface area (Å²) in [4.78, 5) is 25.4. The minimum Gasteiger partial charge on any atom is -0.335 e. The number of piperazine rings is 1. The van der Waals surface area contributed by atoms with Crippen molar-refractivity contribution in [2.75, 3.05) is 26.2 Å². The number of hydrogen-bond acceptors (Lipinski definition) is 4.